The van der Waals surface area contributed by atoms with Crippen LogP contribution in [0.2, 0.25) is 0 Å². The van der Waals surface area contributed by atoms with E-state index in [1.807, 2.05) is 6.92 Å². The number of rotatable bonds is 3. The van der Waals surface area contributed by atoms with Crippen molar-refractivity contribution in [1.29, 1.82) is 0 Å². The number of aliphatic hydroxyl groups is 1. The molecular weight excluding hydrogens is 577 g/mol. The van der Waals surface area contributed by atoms with E-state index in [0.717, 1.165) is 49.1 Å². The van der Waals surface area contributed by atoms with Gasteiger partial charge >= 0.3 is 0 Å². The molecule has 6 N–H and O–H groups in total. The molecule has 11 heteroatoms. The monoisotopic (exact) mass is 612 g/mol. The predicted molar refractivity (Wildman–Crippen MR) is 149 cm³/mol. The summed E-state index contributed by atoms with van der Waals surface area (Å²) in [6, 6.07) is 12.6. The minimum absolute atomic E-state index is 0. The highest BCUT2D eigenvalue weighted by molar-refractivity contribution is 14.0. The number of nitrogens with zero attached hydrogens (tertiary/aromatic N) is 2. The van der Waals surface area contributed by atoms with Crippen LogP contribution in [-0.2, 0) is 13.1 Å². The summed E-state index contributed by atoms with van der Waals surface area (Å²) in [5.74, 6) is 1.49. The number of halogens is 4. The van der Waals surface area contributed by atoms with Gasteiger partial charge in [-0.25, -0.2) is 8.78 Å². The Morgan fingerprint density at radius 3 is 1.74 bits per heavy atom. The second-order valence-electron chi connectivity index (χ2n) is 6.68. The van der Waals surface area contributed by atoms with Gasteiger partial charge in [-0.05, 0) is 49.2 Å². The van der Waals surface area contributed by atoms with E-state index in [1.165, 1.54) is 24.3 Å². The fourth-order valence-corrected chi connectivity index (χ4v) is 2.44. The van der Waals surface area contributed by atoms with E-state index in [-0.39, 0.29) is 54.6 Å². The number of hydrogen-bond acceptors (Lipinski definition) is 7. The highest BCUT2D eigenvalue weighted by Crippen LogP contribution is 2.02. The van der Waals surface area contributed by atoms with Crippen molar-refractivity contribution in [3.05, 3.63) is 71.3 Å². The highest BCUT2D eigenvalue weighted by atomic mass is 127. The SMILES string of the molecule is CC1=NCCN1.CCO.Cl.Fc1ccc(CNC2=NCCN2)cc1.I.NCc1ccc(F)cc1. The number of aliphatic imine (C=N–C) groups is 2. The minimum atomic E-state index is -0.216. The molecular formula is C23H36ClF2IN6O. The average molecular weight is 613 g/mol. The number of hydrogen-bond donors (Lipinski definition) is 5. The summed E-state index contributed by atoms with van der Waals surface area (Å²) >= 11 is 0. The first kappa shape index (κ1) is 34.1. The lowest BCUT2D eigenvalue weighted by Crippen LogP contribution is -2.33. The zero-order valence-corrected chi connectivity index (χ0v) is 22.7. The summed E-state index contributed by atoms with van der Waals surface area (Å²) in [4.78, 5) is 8.23. The van der Waals surface area contributed by atoms with E-state index in [9.17, 15) is 8.78 Å². The normalized spacial score (nSPS) is 12.6. The predicted octanol–water partition coefficient (Wildman–Crippen LogP) is 3.21. The van der Waals surface area contributed by atoms with Crippen molar-refractivity contribution in [1.82, 2.24) is 16.0 Å². The molecule has 0 unspecified atom stereocenters. The van der Waals surface area contributed by atoms with Crippen LogP contribution in [0.5, 0.6) is 0 Å². The molecule has 2 aliphatic heterocycles. The Kier molecular flexibility index (Phi) is 21.6. The Labute approximate surface area is 224 Å². The summed E-state index contributed by atoms with van der Waals surface area (Å²) in [5.41, 5.74) is 7.28. The maximum absolute atomic E-state index is 12.6. The Bertz CT molecular complexity index is 823. The van der Waals surface area contributed by atoms with Gasteiger partial charge in [-0.3, -0.25) is 9.98 Å². The van der Waals surface area contributed by atoms with Crippen molar-refractivity contribution in [3.8, 4) is 0 Å². The van der Waals surface area contributed by atoms with E-state index >= 15 is 0 Å². The molecule has 2 aromatic carbocycles. The molecule has 0 radical (unpaired) electrons. The van der Waals surface area contributed by atoms with E-state index < -0.39 is 0 Å². The minimum Gasteiger partial charge on any atom is -0.397 e. The maximum Gasteiger partial charge on any atom is 0.191 e. The zero-order valence-electron chi connectivity index (χ0n) is 19.6. The van der Waals surface area contributed by atoms with Crippen LogP contribution in [0.4, 0.5) is 8.78 Å². The van der Waals surface area contributed by atoms with Gasteiger partial charge in [-0.2, -0.15) is 0 Å². The summed E-state index contributed by atoms with van der Waals surface area (Å²) in [6.07, 6.45) is 0. The van der Waals surface area contributed by atoms with Crippen molar-refractivity contribution in [2.45, 2.75) is 26.9 Å². The van der Waals surface area contributed by atoms with Crippen molar-refractivity contribution < 1.29 is 13.9 Å². The molecule has 192 valence electrons. The second-order valence-corrected chi connectivity index (χ2v) is 6.68. The molecule has 0 bridgehead atoms. The van der Waals surface area contributed by atoms with E-state index in [0.29, 0.717) is 13.1 Å². The molecule has 34 heavy (non-hydrogen) atoms. The fourth-order valence-electron chi connectivity index (χ4n) is 2.44. The van der Waals surface area contributed by atoms with Gasteiger partial charge in [0, 0.05) is 32.8 Å². The molecule has 4 rings (SSSR count). The standard InChI is InChI=1S/C10H12FN3.C7H8FN.C4H8N2.C2H6O.ClH.HI/c11-9-3-1-8(2-4-9)7-14-10-12-5-6-13-10;8-7-3-1-6(5-9)2-4-7;1-4-5-2-3-6-4;1-2-3;;/h1-4H,5-7H2,(H2,12,13,14);1-4H,5,9H2;2-3H2,1H3,(H,5,6);3H,2H2,1H3;2*1H. The molecule has 0 aliphatic carbocycles. The summed E-state index contributed by atoms with van der Waals surface area (Å²) in [6.45, 7) is 8.77. The molecule has 0 spiro atoms. The molecule has 7 nitrogen and oxygen atoms in total. The van der Waals surface area contributed by atoms with Crippen molar-refractivity contribution in [3.63, 3.8) is 0 Å². The molecule has 2 heterocycles. The second kappa shape index (κ2) is 21.5. The van der Waals surface area contributed by atoms with Gasteiger partial charge in [0.15, 0.2) is 5.96 Å². The van der Waals surface area contributed by atoms with Gasteiger partial charge in [0.05, 0.1) is 18.9 Å². The Morgan fingerprint density at radius 1 is 0.912 bits per heavy atom. The van der Waals surface area contributed by atoms with Crippen LogP contribution in [0.25, 0.3) is 0 Å². The van der Waals surface area contributed by atoms with Crippen LogP contribution in [0.1, 0.15) is 25.0 Å². The first-order chi connectivity index (χ1) is 15.5. The first-order valence-electron chi connectivity index (χ1n) is 10.5. The molecule has 0 aromatic heterocycles. The highest BCUT2D eigenvalue weighted by Gasteiger charge is 2.03. The number of aliphatic hydroxyl groups excluding tert-OH is 1. The van der Waals surface area contributed by atoms with Gasteiger partial charge in [-0.1, -0.05) is 24.3 Å². The summed E-state index contributed by atoms with van der Waals surface area (Å²) in [5, 5.41) is 16.9. The van der Waals surface area contributed by atoms with Gasteiger partial charge in [0.2, 0.25) is 0 Å². The number of guanidine groups is 1. The van der Waals surface area contributed by atoms with Crippen molar-refractivity contribution in [2.24, 2.45) is 15.7 Å². The van der Waals surface area contributed by atoms with Crippen molar-refractivity contribution >= 4 is 48.2 Å². The lowest BCUT2D eigenvalue weighted by atomic mass is 10.2. The van der Waals surface area contributed by atoms with E-state index in [1.54, 1.807) is 31.2 Å². The largest absolute Gasteiger partial charge is 0.397 e. The number of amidine groups is 1. The number of benzene rings is 2. The van der Waals surface area contributed by atoms with Gasteiger partial charge in [0.1, 0.15) is 11.6 Å². The third-order valence-corrected chi connectivity index (χ3v) is 4.04. The molecule has 0 atom stereocenters. The van der Waals surface area contributed by atoms with Crippen LogP contribution in [0, 0.1) is 11.6 Å². The molecule has 0 amide bonds. The van der Waals surface area contributed by atoms with Crippen LogP contribution in [0.15, 0.2) is 58.5 Å². The Hall–Kier alpha value is -2.02. The average Bonchev–Trinajstić information content (AvgIpc) is 3.49. The zero-order chi connectivity index (χ0) is 23.6. The summed E-state index contributed by atoms with van der Waals surface area (Å²) < 4.78 is 24.8. The van der Waals surface area contributed by atoms with E-state index in [4.69, 9.17) is 10.8 Å². The van der Waals surface area contributed by atoms with Crippen LogP contribution < -0.4 is 21.7 Å². The molecule has 2 aliphatic rings. The third-order valence-electron chi connectivity index (χ3n) is 4.04. The van der Waals surface area contributed by atoms with Gasteiger partial charge in [0.25, 0.3) is 0 Å². The fraction of sp³-hybridized carbons (Fsp3) is 0.391. The molecule has 0 saturated carbocycles. The first-order valence-corrected chi connectivity index (χ1v) is 10.5. The lowest BCUT2D eigenvalue weighted by molar-refractivity contribution is 0.318. The third kappa shape index (κ3) is 16.6. The quantitative estimate of drug-likeness (QED) is 0.343. The van der Waals surface area contributed by atoms with Crippen molar-refractivity contribution in [2.75, 3.05) is 32.8 Å². The maximum atomic E-state index is 12.6. The van der Waals surface area contributed by atoms with E-state index in [2.05, 4.69) is 25.9 Å². The number of nitrogens with one attached hydrogen (secondary N) is 3. The molecule has 0 fully saturated rings. The van der Waals surface area contributed by atoms with Crippen LogP contribution >= 0.6 is 36.4 Å². The van der Waals surface area contributed by atoms with Crippen LogP contribution in [-0.4, -0.2) is 49.7 Å². The molecule has 2 aromatic rings. The summed E-state index contributed by atoms with van der Waals surface area (Å²) in [7, 11) is 0. The smallest absolute Gasteiger partial charge is 0.191 e. The number of nitrogens with two attached hydrogens (primary N) is 1. The lowest BCUT2D eigenvalue weighted by Gasteiger charge is -2.05. The Morgan fingerprint density at radius 2 is 1.38 bits per heavy atom. The topological polar surface area (TPSA) is 107 Å². The van der Waals surface area contributed by atoms with Crippen LogP contribution in [0.3, 0.4) is 0 Å². The van der Waals surface area contributed by atoms with Gasteiger partial charge in [-0.15, -0.1) is 36.4 Å². The Balaban J connectivity index is 0. The molecule has 0 saturated heterocycles. The van der Waals surface area contributed by atoms with Gasteiger partial charge < -0.3 is 26.8 Å².